The van der Waals surface area contributed by atoms with Gasteiger partial charge in [-0.15, -0.1) is 0 Å². The molecule has 0 aromatic heterocycles. The fourth-order valence-electron chi connectivity index (χ4n) is 0.188. The number of aliphatic hydroxyl groups is 2. The Labute approximate surface area is 103 Å². The predicted octanol–water partition coefficient (Wildman–Crippen LogP) is -3.82. The van der Waals surface area contributed by atoms with Crippen molar-refractivity contribution in [3.05, 3.63) is 0 Å². The van der Waals surface area contributed by atoms with Gasteiger partial charge in [0.05, 0.1) is 0 Å². The van der Waals surface area contributed by atoms with E-state index in [0.717, 1.165) is 0 Å². The molecule has 70 valence electrons. The Morgan fingerprint density at radius 3 is 1.31 bits per heavy atom. The van der Waals surface area contributed by atoms with Crippen LogP contribution in [0.3, 0.4) is 0 Å². The van der Waals surface area contributed by atoms with Crippen molar-refractivity contribution in [1.82, 2.24) is 0 Å². The van der Waals surface area contributed by atoms with E-state index in [2.05, 4.69) is 0 Å². The minimum Gasteiger partial charge on any atom is -0.479 e. The van der Waals surface area contributed by atoms with Gasteiger partial charge < -0.3 is 20.4 Å². The predicted molar refractivity (Wildman–Crippen MR) is 42.5 cm³/mol. The zero-order chi connectivity index (χ0) is 9.72. The van der Waals surface area contributed by atoms with Crippen LogP contribution in [0.2, 0.25) is 0 Å². The molecule has 0 spiro atoms. The van der Waals surface area contributed by atoms with Crippen LogP contribution in [0.4, 0.5) is 0 Å². The van der Waals surface area contributed by atoms with Gasteiger partial charge in [-0.05, 0) is 21.6 Å². The summed E-state index contributed by atoms with van der Waals surface area (Å²) >= 11 is 0. The molecule has 0 aromatic carbocycles. The third-order valence-electron chi connectivity index (χ3n) is 0.660. The van der Waals surface area contributed by atoms with Gasteiger partial charge in [-0.1, -0.05) is 0 Å². The van der Waals surface area contributed by atoms with Gasteiger partial charge in [-0.2, -0.15) is 0 Å². The Bertz CT molecular complexity index is 167. The molecule has 0 bridgehead atoms. The molecule has 4 N–H and O–H groups in total. The second kappa shape index (κ2) is 7.92. The molecule has 0 amide bonds. The second-order valence-electron chi connectivity index (χ2n) is 1.57. The number of hydrogen-bond donors (Lipinski definition) is 4. The molecule has 0 saturated heterocycles. The molecule has 2 atom stereocenters. The molecule has 0 saturated carbocycles. The molecule has 9 heteroatoms. The van der Waals surface area contributed by atoms with Gasteiger partial charge in [0.2, 0.25) is 10.9 Å². The third-order valence-corrected chi connectivity index (χ3v) is 2.97. The molecule has 0 radical (unpaired) electrons. The normalized spacial score (nSPS) is 14.0. The standard InChI is InChI=1S/C4H6O6S2.Na/c5-1(6)3(9)11-12-4(10)2(7)8;/h3-4,9-10H,(H,5,6)(H,7,8);/q;+1. The fraction of sp³-hybridized carbons (Fsp3) is 0.500. The smallest absolute Gasteiger partial charge is 0.479 e. The molecule has 0 rings (SSSR count). The number of carboxylic acid groups (broad SMARTS) is 2. The zero-order valence-electron chi connectivity index (χ0n) is 6.58. The molecule has 13 heavy (non-hydrogen) atoms. The van der Waals surface area contributed by atoms with Crippen molar-refractivity contribution in [2.45, 2.75) is 10.9 Å². The summed E-state index contributed by atoms with van der Waals surface area (Å²) in [6.07, 6.45) is 0. The fourth-order valence-corrected chi connectivity index (χ4v) is 1.69. The number of rotatable bonds is 5. The molecule has 0 fully saturated rings. The van der Waals surface area contributed by atoms with E-state index < -0.39 is 22.8 Å². The summed E-state index contributed by atoms with van der Waals surface area (Å²) in [5, 5.41) is 33.4. The Morgan fingerprint density at radius 2 is 1.15 bits per heavy atom. The molecule has 2 unspecified atom stereocenters. The van der Waals surface area contributed by atoms with E-state index in [4.69, 9.17) is 20.4 Å². The van der Waals surface area contributed by atoms with Gasteiger partial charge >= 0.3 is 41.5 Å². The summed E-state index contributed by atoms with van der Waals surface area (Å²) in [5.41, 5.74) is -3.46. The van der Waals surface area contributed by atoms with Crippen LogP contribution in [0.15, 0.2) is 0 Å². The first-order chi connectivity index (χ1) is 5.45. The maximum absolute atomic E-state index is 9.97. The van der Waals surface area contributed by atoms with Crippen molar-refractivity contribution in [2.24, 2.45) is 0 Å². The van der Waals surface area contributed by atoms with Gasteiger partial charge in [-0.3, -0.25) is 0 Å². The van der Waals surface area contributed by atoms with Gasteiger partial charge in [0.15, 0.2) is 0 Å². The number of carbonyl (C=O) groups is 2. The summed E-state index contributed by atoms with van der Waals surface area (Å²) in [6.45, 7) is 0. The summed E-state index contributed by atoms with van der Waals surface area (Å²) in [4.78, 5) is 19.9. The van der Waals surface area contributed by atoms with Crippen LogP contribution in [0, 0.1) is 0 Å². The molecular weight excluding hydrogens is 231 g/mol. The van der Waals surface area contributed by atoms with E-state index in [1.807, 2.05) is 0 Å². The van der Waals surface area contributed by atoms with Crippen LogP contribution in [-0.2, 0) is 9.59 Å². The van der Waals surface area contributed by atoms with Crippen LogP contribution in [-0.4, -0.2) is 43.2 Å². The van der Waals surface area contributed by atoms with Crippen molar-refractivity contribution in [3.63, 3.8) is 0 Å². The first kappa shape index (κ1) is 16.0. The van der Waals surface area contributed by atoms with Crippen LogP contribution < -0.4 is 29.6 Å². The second-order valence-corrected chi connectivity index (χ2v) is 4.01. The van der Waals surface area contributed by atoms with Crippen LogP contribution in [0.5, 0.6) is 0 Å². The SMILES string of the molecule is O=C(O)C(O)SSC(O)C(=O)O.[Na+]. The summed E-state index contributed by atoms with van der Waals surface area (Å²) in [7, 11) is 0.726. The largest absolute Gasteiger partial charge is 1.00 e. The zero-order valence-corrected chi connectivity index (χ0v) is 10.2. The minimum atomic E-state index is -1.73. The minimum absolute atomic E-state index is 0. The van der Waals surface area contributed by atoms with Gasteiger partial charge in [0, 0.05) is 0 Å². The first-order valence-corrected chi connectivity index (χ1v) is 4.86. The Morgan fingerprint density at radius 1 is 0.923 bits per heavy atom. The molecule has 0 aliphatic heterocycles. The third kappa shape index (κ3) is 7.62. The Hall–Kier alpha value is 0.560. The molecule has 0 aliphatic carbocycles. The van der Waals surface area contributed by atoms with Gasteiger partial charge in [0.1, 0.15) is 0 Å². The average Bonchev–Trinajstić information content (AvgIpc) is 1.98. The maximum Gasteiger partial charge on any atom is 1.00 e. The van der Waals surface area contributed by atoms with E-state index in [-0.39, 0.29) is 29.6 Å². The summed E-state index contributed by atoms with van der Waals surface area (Å²) in [6, 6.07) is 0. The van der Waals surface area contributed by atoms with E-state index in [1.54, 1.807) is 0 Å². The van der Waals surface area contributed by atoms with Gasteiger partial charge in [0.25, 0.3) is 0 Å². The van der Waals surface area contributed by atoms with Crippen LogP contribution in [0.25, 0.3) is 0 Å². The van der Waals surface area contributed by atoms with Crippen molar-refractivity contribution >= 4 is 33.5 Å². The number of carboxylic acids is 2. The Balaban J connectivity index is 0. The number of aliphatic hydroxyl groups excluding tert-OH is 2. The number of aliphatic carboxylic acids is 2. The van der Waals surface area contributed by atoms with Crippen molar-refractivity contribution in [2.75, 3.05) is 0 Å². The topological polar surface area (TPSA) is 115 Å². The van der Waals surface area contributed by atoms with Crippen molar-refractivity contribution in [1.29, 1.82) is 0 Å². The van der Waals surface area contributed by atoms with Crippen molar-refractivity contribution in [3.8, 4) is 0 Å². The van der Waals surface area contributed by atoms with Gasteiger partial charge in [-0.25, -0.2) is 9.59 Å². The molecule has 0 aliphatic rings. The summed E-state index contributed by atoms with van der Waals surface area (Å²) < 4.78 is 0. The van der Waals surface area contributed by atoms with Crippen LogP contribution >= 0.6 is 21.6 Å². The van der Waals surface area contributed by atoms with Crippen molar-refractivity contribution < 1.29 is 59.6 Å². The van der Waals surface area contributed by atoms with E-state index in [1.165, 1.54) is 0 Å². The quantitative estimate of drug-likeness (QED) is 0.218. The molecule has 0 heterocycles. The molecule has 0 aromatic rings. The maximum atomic E-state index is 9.97. The molecular formula is C4H6NaO6S2+. The van der Waals surface area contributed by atoms with E-state index in [0.29, 0.717) is 21.6 Å². The first-order valence-electron chi connectivity index (χ1n) is 2.59. The van der Waals surface area contributed by atoms with Crippen LogP contribution in [0.1, 0.15) is 0 Å². The average molecular weight is 237 g/mol. The van der Waals surface area contributed by atoms with E-state index in [9.17, 15) is 9.59 Å². The summed E-state index contributed by atoms with van der Waals surface area (Å²) in [5.74, 6) is -2.96. The molecule has 6 nitrogen and oxygen atoms in total. The monoisotopic (exact) mass is 237 g/mol. The number of hydrogen-bond acceptors (Lipinski definition) is 6. The van der Waals surface area contributed by atoms with E-state index >= 15 is 0 Å². The Kier molecular flexibility index (Phi) is 9.75.